The van der Waals surface area contributed by atoms with Crippen molar-refractivity contribution in [3.05, 3.63) is 43.0 Å². The molecule has 0 saturated heterocycles. The summed E-state index contributed by atoms with van der Waals surface area (Å²) in [7, 11) is 0. The summed E-state index contributed by atoms with van der Waals surface area (Å²) in [5, 5.41) is 2.92. The lowest BCUT2D eigenvalue weighted by molar-refractivity contribution is -0.122. The molecule has 6 heteroatoms. The Morgan fingerprint density at radius 3 is 3.00 bits per heavy atom. The average molecular weight is 288 g/mol. The van der Waals surface area contributed by atoms with Crippen LogP contribution in [0.15, 0.2) is 43.0 Å². The van der Waals surface area contributed by atoms with Crippen molar-refractivity contribution in [1.29, 1.82) is 0 Å². The standard InChI is InChI=1S/C15H20N4O2/c1-12(10-19-8-7-17-11-19)18-15(20)6-9-21-14-5-3-2-4-13(14)16/h2-5,7-8,11-12H,6,9-10,16H2,1H3,(H,18,20). The maximum absolute atomic E-state index is 11.8. The number of hydrogen-bond acceptors (Lipinski definition) is 4. The molecule has 21 heavy (non-hydrogen) atoms. The molecule has 0 saturated carbocycles. The fourth-order valence-corrected chi connectivity index (χ4v) is 1.97. The van der Waals surface area contributed by atoms with Crippen molar-refractivity contribution < 1.29 is 9.53 Å². The van der Waals surface area contributed by atoms with Gasteiger partial charge >= 0.3 is 0 Å². The highest BCUT2D eigenvalue weighted by Gasteiger charge is 2.08. The van der Waals surface area contributed by atoms with E-state index in [-0.39, 0.29) is 11.9 Å². The van der Waals surface area contributed by atoms with Gasteiger partial charge in [-0.1, -0.05) is 12.1 Å². The number of amides is 1. The van der Waals surface area contributed by atoms with Gasteiger partial charge in [0.05, 0.1) is 25.0 Å². The van der Waals surface area contributed by atoms with Gasteiger partial charge < -0.3 is 20.4 Å². The largest absolute Gasteiger partial charge is 0.491 e. The number of ether oxygens (including phenoxy) is 1. The molecule has 0 fully saturated rings. The van der Waals surface area contributed by atoms with Crippen molar-refractivity contribution in [2.45, 2.75) is 25.9 Å². The van der Waals surface area contributed by atoms with Crippen molar-refractivity contribution in [2.75, 3.05) is 12.3 Å². The zero-order chi connectivity index (χ0) is 15.1. The number of para-hydroxylation sites is 2. The van der Waals surface area contributed by atoms with Gasteiger partial charge in [-0.3, -0.25) is 4.79 Å². The Labute approximate surface area is 123 Å². The Morgan fingerprint density at radius 2 is 2.29 bits per heavy atom. The molecule has 0 aliphatic rings. The predicted molar refractivity (Wildman–Crippen MR) is 80.8 cm³/mol. The van der Waals surface area contributed by atoms with Crippen LogP contribution in [0.5, 0.6) is 5.75 Å². The van der Waals surface area contributed by atoms with E-state index in [1.54, 1.807) is 24.7 Å². The van der Waals surface area contributed by atoms with Crippen LogP contribution < -0.4 is 15.8 Å². The summed E-state index contributed by atoms with van der Waals surface area (Å²) in [6.07, 6.45) is 5.60. The van der Waals surface area contributed by atoms with Crippen molar-refractivity contribution in [1.82, 2.24) is 14.9 Å². The van der Waals surface area contributed by atoms with E-state index in [2.05, 4.69) is 10.3 Å². The molecule has 3 N–H and O–H groups in total. The smallest absolute Gasteiger partial charge is 0.223 e. The van der Waals surface area contributed by atoms with E-state index in [9.17, 15) is 4.79 Å². The van der Waals surface area contributed by atoms with Crippen LogP contribution in [0.1, 0.15) is 13.3 Å². The number of carbonyl (C=O) groups is 1. The van der Waals surface area contributed by atoms with Gasteiger partial charge in [-0.25, -0.2) is 4.98 Å². The summed E-state index contributed by atoms with van der Waals surface area (Å²) in [5.74, 6) is 0.564. The molecular formula is C15H20N4O2. The highest BCUT2D eigenvalue weighted by atomic mass is 16.5. The number of anilines is 1. The molecule has 1 aromatic heterocycles. The van der Waals surface area contributed by atoms with Crippen molar-refractivity contribution in [3.63, 3.8) is 0 Å². The van der Waals surface area contributed by atoms with E-state index in [0.29, 0.717) is 31.0 Å². The van der Waals surface area contributed by atoms with E-state index in [1.165, 1.54) is 0 Å². The van der Waals surface area contributed by atoms with E-state index < -0.39 is 0 Å². The number of hydrogen-bond donors (Lipinski definition) is 2. The Bertz CT molecular complexity index is 569. The summed E-state index contributed by atoms with van der Waals surface area (Å²) < 4.78 is 7.42. The Hall–Kier alpha value is -2.50. The molecule has 0 aliphatic heterocycles. The topological polar surface area (TPSA) is 82.2 Å². The molecule has 2 rings (SSSR count). The summed E-state index contributed by atoms with van der Waals surface area (Å²) in [5.41, 5.74) is 6.34. The van der Waals surface area contributed by atoms with Gasteiger partial charge in [0.1, 0.15) is 5.75 Å². The van der Waals surface area contributed by atoms with Crippen LogP contribution in [-0.4, -0.2) is 28.1 Å². The monoisotopic (exact) mass is 288 g/mol. The average Bonchev–Trinajstić information content (AvgIpc) is 2.93. The fourth-order valence-electron chi connectivity index (χ4n) is 1.97. The second-order valence-electron chi connectivity index (χ2n) is 4.86. The van der Waals surface area contributed by atoms with Crippen LogP contribution in [0.3, 0.4) is 0 Å². The van der Waals surface area contributed by atoms with Crippen molar-refractivity contribution in [2.24, 2.45) is 0 Å². The van der Waals surface area contributed by atoms with Crippen LogP contribution in [0.25, 0.3) is 0 Å². The molecule has 1 heterocycles. The van der Waals surface area contributed by atoms with Crippen LogP contribution >= 0.6 is 0 Å². The number of nitrogens with two attached hydrogens (primary N) is 1. The number of rotatable bonds is 7. The van der Waals surface area contributed by atoms with E-state index >= 15 is 0 Å². The lowest BCUT2D eigenvalue weighted by Gasteiger charge is -2.14. The number of benzene rings is 1. The summed E-state index contributed by atoms with van der Waals surface area (Å²) in [6.45, 7) is 2.95. The molecule has 6 nitrogen and oxygen atoms in total. The fraction of sp³-hybridized carbons (Fsp3) is 0.333. The molecule has 0 bridgehead atoms. The molecule has 1 aromatic carbocycles. The molecule has 1 unspecified atom stereocenters. The number of nitrogens with zero attached hydrogens (tertiary/aromatic N) is 2. The highest BCUT2D eigenvalue weighted by Crippen LogP contribution is 2.19. The number of nitrogens with one attached hydrogen (secondary N) is 1. The minimum absolute atomic E-state index is 0.0356. The summed E-state index contributed by atoms with van der Waals surface area (Å²) in [4.78, 5) is 15.8. The molecule has 0 radical (unpaired) electrons. The molecular weight excluding hydrogens is 268 g/mol. The first kappa shape index (κ1) is 14.9. The Morgan fingerprint density at radius 1 is 1.48 bits per heavy atom. The number of nitrogen functional groups attached to an aromatic ring is 1. The highest BCUT2D eigenvalue weighted by molar-refractivity contribution is 5.76. The van der Waals surface area contributed by atoms with Gasteiger partial charge in [0.2, 0.25) is 5.91 Å². The third-order valence-electron chi connectivity index (χ3n) is 2.96. The first-order valence-electron chi connectivity index (χ1n) is 6.87. The first-order valence-corrected chi connectivity index (χ1v) is 6.87. The maximum atomic E-state index is 11.8. The second-order valence-corrected chi connectivity index (χ2v) is 4.86. The number of aromatic nitrogens is 2. The van der Waals surface area contributed by atoms with Crippen LogP contribution in [0.2, 0.25) is 0 Å². The van der Waals surface area contributed by atoms with Gasteiger partial charge in [0.15, 0.2) is 0 Å². The maximum Gasteiger partial charge on any atom is 0.223 e. The Kier molecular flexibility index (Phi) is 5.20. The van der Waals surface area contributed by atoms with E-state index in [0.717, 1.165) is 0 Å². The molecule has 1 amide bonds. The quantitative estimate of drug-likeness (QED) is 0.755. The van der Waals surface area contributed by atoms with Gasteiger partial charge in [-0.15, -0.1) is 0 Å². The molecule has 0 aliphatic carbocycles. The lowest BCUT2D eigenvalue weighted by Crippen LogP contribution is -2.36. The normalized spacial score (nSPS) is 11.9. The van der Waals surface area contributed by atoms with Gasteiger partial charge in [-0.2, -0.15) is 0 Å². The van der Waals surface area contributed by atoms with Crippen LogP contribution in [-0.2, 0) is 11.3 Å². The number of carbonyl (C=O) groups excluding carboxylic acids is 1. The molecule has 2 aromatic rings. The minimum Gasteiger partial charge on any atom is -0.491 e. The lowest BCUT2D eigenvalue weighted by atomic mass is 10.3. The third kappa shape index (κ3) is 4.83. The molecule has 1 atom stereocenters. The summed E-state index contributed by atoms with van der Waals surface area (Å²) >= 11 is 0. The van der Waals surface area contributed by atoms with Gasteiger partial charge in [0.25, 0.3) is 0 Å². The van der Waals surface area contributed by atoms with Crippen molar-refractivity contribution >= 4 is 11.6 Å². The van der Waals surface area contributed by atoms with E-state index in [4.69, 9.17) is 10.5 Å². The van der Waals surface area contributed by atoms with Gasteiger partial charge in [-0.05, 0) is 19.1 Å². The third-order valence-corrected chi connectivity index (χ3v) is 2.96. The first-order chi connectivity index (χ1) is 10.1. The molecule has 0 spiro atoms. The summed E-state index contributed by atoms with van der Waals surface area (Å²) in [6, 6.07) is 7.27. The predicted octanol–water partition coefficient (Wildman–Crippen LogP) is 1.44. The van der Waals surface area contributed by atoms with Crippen molar-refractivity contribution in [3.8, 4) is 5.75 Å². The number of imidazole rings is 1. The zero-order valence-corrected chi connectivity index (χ0v) is 12.0. The zero-order valence-electron chi connectivity index (χ0n) is 12.0. The second kappa shape index (κ2) is 7.33. The van der Waals surface area contributed by atoms with Crippen LogP contribution in [0.4, 0.5) is 5.69 Å². The van der Waals surface area contributed by atoms with Gasteiger partial charge in [0, 0.05) is 25.0 Å². The SMILES string of the molecule is CC(Cn1ccnc1)NC(=O)CCOc1ccccc1N. The van der Waals surface area contributed by atoms with Crippen LogP contribution in [0, 0.1) is 0 Å². The Balaban J connectivity index is 1.69. The van der Waals surface area contributed by atoms with E-state index in [1.807, 2.05) is 29.8 Å². The molecule has 112 valence electrons. The minimum atomic E-state index is -0.0443.